The van der Waals surface area contributed by atoms with E-state index in [2.05, 4.69) is 55.3 Å². The molecule has 0 amide bonds. The van der Waals surface area contributed by atoms with Gasteiger partial charge in [0.05, 0.1) is 6.54 Å². The Hall–Kier alpha value is -1.19. The zero-order valence-electron chi connectivity index (χ0n) is 12.9. The Kier molecular flexibility index (Phi) is 4.95. The number of piperazine rings is 1. The molecule has 2 rings (SSSR count). The van der Waals surface area contributed by atoms with Crippen LogP contribution in [0.3, 0.4) is 0 Å². The van der Waals surface area contributed by atoms with E-state index < -0.39 is 0 Å². The SMILES string of the molecule is CC(C)(C)c1ccc(CC(=O)CN2CCNCC2)cc1. The lowest BCUT2D eigenvalue weighted by Crippen LogP contribution is -2.45. The fourth-order valence-electron chi connectivity index (χ4n) is 2.52. The molecule has 110 valence electrons. The summed E-state index contributed by atoms with van der Waals surface area (Å²) in [5.74, 6) is 0.315. The molecule has 1 aromatic rings. The average molecular weight is 274 g/mol. The first-order valence-corrected chi connectivity index (χ1v) is 7.49. The molecule has 1 N–H and O–H groups in total. The molecule has 3 heteroatoms. The third kappa shape index (κ3) is 4.43. The molecule has 0 aliphatic carbocycles. The van der Waals surface area contributed by atoms with Gasteiger partial charge in [0.15, 0.2) is 5.78 Å². The summed E-state index contributed by atoms with van der Waals surface area (Å²) in [5.41, 5.74) is 2.61. The highest BCUT2D eigenvalue weighted by molar-refractivity contribution is 5.82. The molecule has 0 bridgehead atoms. The van der Waals surface area contributed by atoms with Crippen molar-refractivity contribution < 1.29 is 4.79 Å². The van der Waals surface area contributed by atoms with Crippen LogP contribution in [0.5, 0.6) is 0 Å². The van der Waals surface area contributed by atoms with Gasteiger partial charge in [-0.25, -0.2) is 0 Å². The minimum absolute atomic E-state index is 0.170. The highest BCUT2D eigenvalue weighted by atomic mass is 16.1. The number of nitrogens with one attached hydrogen (secondary N) is 1. The van der Waals surface area contributed by atoms with Crippen LogP contribution in [0.2, 0.25) is 0 Å². The van der Waals surface area contributed by atoms with Gasteiger partial charge in [0, 0.05) is 32.6 Å². The van der Waals surface area contributed by atoms with Crippen LogP contribution < -0.4 is 5.32 Å². The highest BCUT2D eigenvalue weighted by Crippen LogP contribution is 2.22. The molecule has 0 aromatic heterocycles. The number of carbonyl (C=O) groups excluding carboxylic acids is 1. The minimum Gasteiger partial charge on any atom is -0.314 e. The smallest absolute Gasteiger partial charge is 0.151 e. The molecule has 1 fully saturated rings. The number of Topliss-reactive ketones (excluding diaryl/α,β-unsaturated/α-hetero) is 1. The molecule has 0 saturated carbocycles. The van der Waals surface area contributed by atoms with Gasteiger partial charge in [-0.05, 0) is 16.5 Å². The third-order valence-electron chi connectivity index (χ3n) is 3.83. The van der Waals surface area contributed by atoms with Crippen molar-refractivity contribution in [1.29, 1.82) is 0 Å². The van der Waals surface area contributed by atoms with E-state index in [0.29, 0.717) is 18.7 Å². The van der Waals surface area contributed by atoms with E-state index in [1.807, 2.05) is 0 Å². The summed E-state index contributed by atoms with van der Waals surface area (Å²) >= 11 is 0. The Morgan fingerprint density at radius 1 is 1.15 bits per heavy atom. The maximum absolute atomic E-state index is 12.1. The van der Waals surface area contributed by atoms with Crippen molar-refractivity contribution in [2.45, 2.75) is 32.6 Å². The maximum Gasteiger partial charge on any atom is 0.151 e. The van der Waals surface area contributed by atoms with Gasteiger partial charge in [-0.3, -0.25) is 9.69 Å². The lowest BCUT2D eigenvalue weighted by molar-refractivity contribution is -0.119. The van der Waals surface area contributed by atoms with Crippen LogP contribution in [0.15, 0.2) is 24.3 Å². The zero-order chi connectivity index (χ0) is 14.6. The molecule has 1 aliphatic rings. The van der Waals surface area contributed by atoms with E-state index in [0.717, 1.165) is 31.7 Å². The van der Waals surface area contributed by atoms with Crippen LogP contribution in [-0.4, -0.2) is 43.4 Å². The normalized spacial score (nSPS) is 17.1. The second kappa shape index (κ2) is 6.51. The largest absolute Gasteiger partial charge is 0.314 e. The van der Waals surface area contributed by atoms with Gasteiger partial charge in [0.1, 0.15) is 0 Å². The Bertz CT molecular complexity index is 439. The molecule has 0 atom stereocenters. The summed E-state index contributed by atoms with van der Waals surface area (Å²) in [6.45, 7) is 11.2. The number of nitrogens with zero attached hydrogens (tertiary/aromatic N) is 1. The van der Waals surface area contributed by atoms with Crippen LogP contribution >= 0.6 is 0 Å². The van der Waals surface area contributed by atoms with Crippen LogP contribution in [0.1, 0.15) is 31.9 Å². The number of rotatable bonds is 4. The van der Waals surface area contributed by atoms with Crippen molar-refractivity contribution >= 4 is 5.78 Å². The number of ketones is 1. The van der Waals surface area contributed by atoms with E-state index in [4.69, 9.17) is 0 Å². The Morgan fingerprint density at radius 2 is 1.75 bits per heavy atom. The molecule has 1 heterocycles. The van der Waals surface area contributed by atoms with Crippen LogP contribution in [0, 0.1) is 0 Å². The maximum atomic E-state index is 12.1. The van der Waals surface area contributed by atoms with Gasteiger partial charge in [0.2, 0.25) is 0 Å². The Balaban J connectivity index is 1.87. The average Bonchev–Trinajstić information content (AvgIpc) is 2.39. The summed E-state index contributed by atoms with van der Waals surface area (Å²) in [6.07, 6.45) is 0.550. The molecule has 1 saturated heterocycles. The van der Waals surface area contributed by atoms with E-state index in [1.165, 1.54) is 5.56 Å². The van der Waals surface area contributed by atoms with Gasteiger partial charge >= 0.3 is 0 Å². The summed E-state index contributed by atoms with van der Waals surface area (Å²) in [4.78, 5) is 14.3. The first-order valence-electron chi connectivity index (χ1n) is 7.49. The van der Waals surface area contributed by atoms with E-state index >= 15 is 0 Å². The second-order valence-electron chi connectivity index (χ2n) is 6.69. The van der Waals surface area contributed by atoms with Crippen molar-refractivity contribution in [2.24, 2.45) is 0 Å². The number of hydrogen-bond acceptors (Lipinski definition) is 3. The predicted octanol–water partition coefficient (Wildman–Crippen LogP) is 2.00. The lowest BCUT2D eigenvalue weighted by Gasteiger charge is -2.26. The van der Waals surface area contributed by atoms with E-state index in [-0.39, 0.29) is 5.41 Å². The van der Waals surface area contributed by atoms with Gasteiger partial charge in [-0.15, -0.1) is 0 Å². The first-order chi connectivity index (χ1) is 9.45. The molecular weight excluding hydrogens is 248 g/mol. The number of carbonyl (C=O) groups is 1. The third-order valence-corrected chi connectivity index (χ3v) is 3.83. The van der Waals surface area contributed by atoms with Crippen molar-refractivity contribution in [3.8, 4) is 0 Å². The minimum atomic E-state index is 0.170. The quantitative estimate of drug-likeness (QED) is 0.911. The Morgan fingerprint density at radius 3 is 2.30 bits per heavy atom. The van der Waals surface area contributed by atoms with Crippen LogP contribution in [-0.2, 0) is 16.6 Å². The number of hydrogen-bond donors (Lipinski definition) is 1. The summed E-state index contributed by atoms with van der Waals surface area (Å²) in [6, 6.07) is 8.48. The van der Waals surface area contributed by atoms with Crippen molar-refractivity contribution in [1.82, 2.24) is 10.2 Å². The second-order valence-corrected chi connectivity index (χ2v) is 6.69. The summed E-state index contributed by atoms with van der Waals surface area (Å²) in [5, 5.41) is 3.31. The first kappa shape index (κ1) is 15.2. The molecule has 0 unspecified atom stereocenters. The molecule has 1 aromatic carbocycles. The Labute approximate surface area is 122 Å². The fourth-order valence-corrected chi connectivity index (χ4v) is 2.52. The molecular formula is C17H26N2O. The van der Waals surface area contributed by atoms with Gasteiger partial charge in [-0.1, -0.05) is 45.0 Å². The molecule has 20 heavy (non-hydrogen) atoms. The van der Waals surface area contributed by atoms with E-state index in [1.54, 1.807) is 0 Å². The van der Waals surface area contributed by atoms with Crippen molar-refractivity contribution in [2.75, 3.05) is 32.7 Å². The van der Waals surface area contributed by atoms with Gasteiger partial charge < -0.3 is 5.32 Å². The fraction of sp³-hybridized carbons (Fsp3) is 0.588. The highest BCUT2D eigenvalue weighted by Gasteiger charge is 2.15. The van der Waals surface area contributed by atoms with Gasteiger partial charge in [0.25, 0.3) is 0 Å². The molecule has 1 aliphatic heterocycles. The topological polar surface area (TPSA) is 32.3 Å². The molecule has 3 nitrogen and oxygen atoms in total. The predicted molar refractivity (Wildman–Crippen MR) is 83.2 cm³/mol. The monoisotopic (exact) mass is 274 g/mol. The van der Waals surface area contributed by atoms with Crippen molar-refractivity contribution in [3.05, 3.63) is 35.4 Å². The lowest BCUT2D eigenvalue weighted by atomic mass is 9.86. The molecule has 0 spiro atoms. The van der Waals surface area contributed by atoms with Crippen molar-refractivity contribution in [3.63, 3.8) is 0 Å². The van der Waals surface area contributed by atoms with Gasteiger partial charge in [-0.2, -0.15) is 0 Å². The molecule has 0 radical (unpaired) electrons. The number of benzene rings is 1. The van der Waals surface area contributed by atoms with E-state index in [9.17, 15) is 4.79 Å². The van der Waals surface area contributed by atoms with Crippen LogP contribution in [0.4, 0.5) is 0 Å². The van der Waals surface area contributed by atoms with Crippen LogP contribution in [0.25, 0.3) is 0 Å². The standard InChI is InChI=1S/C17H26N2O/c1-17(2,3)15-6-4-14(5-7-15)12-16(20)13-19-10-8-18-9-11-19/h4-7,18H,8-13H2,1-3H3. The summed E-state index contributed by atoms with van der Waals surface area (Å²) in [7, 11) is 0. The zero-order valence-corrected chi connectivity index (χ0v) is 12.9. The summed E-state index contributed by atoms with van der Waals surface area (Å²) < 4.78 is 0.